The standard InChI is InChI=1S/C20H20N4O2/c1-13-2-4-14(5-3-13)12-24-18(8-9-19(24)25)20(26)22-16-7-6-15-11-21-23-17(15)10-16/h2-7,10-11,18H,8-9,12H2,1H3,(H,21,23)(H,22,26). The minimum Gasteiger partial charge on any atom is -0.326 e. The zero-order valence-corrected chi connectivity index (χ0v) is 14.5. The number of nitrogens with one attached hydrogen (secondary N) is 2. The first kappa shape index (κ1) is 16.3. The van der Waals surface area contributed by atoms with Gasteiger partial charge in [-0.25, -0.2) is 0 Å². The maximum Gasteiger partial charge on any atom is 0.247 e. The molecule has 3 aromatic rings. The van der Waals surface area contributed by atoms with Crippen molar-refractivity contribution in [3.8, 4) is 0 Å². The van der Waals surface area contributed by atoms with E-state index >= 15 is 0 Å². The van der Waals surface area contributed by atoms with Crippen molar-refractivity contribution >= 4 is 28.4 Å². The number of aromatic nitrogens is 2. The summed E-state index contributed by atoms with van der Waals surface area (Å²) in [4.78, 5) is 26.7. The number of hydrogen-bond acceptors (Lipinski definition) is 3. The summed E-state index contributed by atoms with van der Waals surface area (Å²) in [5.74, 6) is -0.128. The third-order valence-electron chi connectivity index (χ3n) is 4.81. The maximum absolute atomic E-state index is 12.8. The van der Waals surface area contributed by atoms with E-state index in [1.165, 1.54) is 5.56 Å². The minimum atomic E-state index is -0.443. The van der Waals surface area contributed by atoms with Gasteiger partial charge in [0.1, 0.15) is 6.04 Å². The van der Waals surface area contributed by atoms with Gasteiger partial charge in [-0.1, -0.05) is 29.8 Å². The van der Waals surface area contributed by atoms with Crippen molar-refractivity contribution in [2.45, 2.75) is 32.4 Å². The van der Waals surface area contributed by atoms with Crippen LogP contribution in [0.4, 0.5) is 5.69 Å². The van der Waals surface area contributed by atoms with Crippen LogP contribution in [0.25, 0.3) is 10.9 Å². The molecule has 132 valence electrons. The number of aromatic amines is 1. The maximum atomic E-state index is 12.8. The molecular weight excluding hydrogens is 328 g/mol. The zero-order valence-electron chi connectivity index (χ0n) is 14.5. The highest BCUT2D eigenvalue weighted by Gasteiger charge is 2.35. The van der Waals surface area contributed by atoms with Gasteiger partial charge in [-0.15, -0.1) is 0 Å². The molecule has 26 heavy (non-hydrogen) atoms. The van der Waals surface area contributed by atoms with Crippen LogP contribution >= 0.6 is 0 Å². The summed E-state index contributed by atoms with van der Waals surface area (Å²) in [5.41, 5.74) is 3.76. The van der Waals surface area contributed by atoms with E-state index in [9.17, 15) is 9.59 Å². The van der Waals surface area contributed by atoms with Crippen molar-refractivity contribution in [2.75, 3.05) is 5.32 Å². The first-order valence-electron chi connectivity index (χ1n) is 8.69. The quantitative estimate of drug-likeness (QED) is 0.761. The second-order valence-electron chi connectivity index (χ2n) is 6.72. The van der Waals surface area contributed by atoms with Gasteiger partial charge >= 0.3 is 0 Å². The van der Waals surface area contributed by atoms with E-state index in [4.69, 9.17) is 0 Å². The van der Waals surface area contributed by atoms with Gasteiger partial charge in [0.15, 0.2) is 0 Å². The molecular formula is C20H20N4O2. The van der Waals surface area contributed by atoms with E-state index in [2.05, 4.69) is 15.5 Å². The molecule has 6 heteroatoms. The van der Waals surface area contributed by atoms with Gasteiger partial charge in [-0.05, 0) is 37.1 Å². The molecule has 0 spiro atoms. The van der Waals surface area contributed by atoms with Gasteiger partial charge in [0.05, 0.1) is 11.7 Å². The van der Waals surface area contributed by atoms with Crippen LogP contribution in [0.3, 0.4) is 0 Å². The molecule has 2 aromatic carbocycles. The second-order valence-corrected chi connectivity index (χ2v) is 6.72. The molecule has 1 saturated heterocycles. The third kappa shape index (κ3) is 3.18. The Morgan fingerprint density at radius 2 is 2.08 bits per heavy atom. The molecule has 0 saturated carbocycles. The molecule has 2 heterocycles. The van der Waals surface area contributed by atoms with Crippen molar-refractivity contribution in [1.82, 2.24) is 15.1 Å². The zero-order chi connectivity index (χ0) is 18.1. The van der Waals surface area contributed by atoms with Crippen LogP contribution in [-0.2, 0) is 16.1 Å². The van der Waals surface area contributed by atoms with E-state index in [1.54, 1.807) is 11.1 Å². The van der Waals surface area contributed by atoms with Crippen LogP contribution in [0.15, 0.2) is 48.7 Å². The molecule has 2 amide bonds. The first-order valence-corrected chi connectivity index (χ1v) is 8.69. The Kier molecular flexibility index (Phi) is 4.16. The SMILES string of the molecule is Cc1ccc(CN2C(=O)CCC2C(=O)Nc2ccc3cn[nH]c3c2)cc1. The fraction of sp³-hybridized carbons (Fsp3) is 0.250. The van der Waals surface area contributed by atoms with Gasteiger partial charge in [0, 0.05) is 24.0 Å². The summed E-state index contributed by atoms with van der Waals surface area (Å²) < 4.78 is 0. The number of anilines is 1. The van der Waals surface area contributed by atoms with Crippen molar-refractivity contribution in [1.29, 1.82) is 0 Å². The number of carbonyl (C=O) groups excluding carboxylic acids is 2. The Hall–Kier alpha value is -3.15. The van der Waals surface area contributed by atoms with Crippen LogP contribution in [0, 0.1) is 6.92 Å². The van der Waals surface area contributed by atoms with E-state index in [0.717, 1.165) is 16.5 Å². The number of benzene rings is 2. The van der Waals surface area contributed by atoms with Gasteiger partial charge in [0.25, 0.3) is 0 Å². The smallest absolute Gasteiger partial charge is 0.247 e. The van der Waals surface area contributed by atoms with Crippen LogP contribution in [0.1, 0.15) is 24.0 Å². The highest BCUT2D eigenvalue weighted by atomic mass is 16.2. The Labute approximate surface area is 151 Å². The molecule has 1 unspecified atom stereocenters. The van der Waals surface area contributed by atoms with Crippen molar-refractivity contribution < 1.29 is 9.59 Å². The molecule has 2 N–H and O–H groups in total. The number of carbonyl (C=O) groups is 2. The summed E-state index contributed by atoms with van der Waals surface area (Å²) >= 11 is 0. The second kappa shape index (κ2) is 6.63. The lowest BCUT2D eigenvalue weighted by molar-refractivity contribution is -0.133. The summed E-state index contributed by atoms with van der Waals surface area (Å²) in [6, 6.07) is 13.2. The summed E-state index contributed by atoms with van der Waals surface area (Å²) in [6.07, 6.45) is 2.69. The Morgan fingerprint density at radius 3 is 2.88 bits per heavy atom. The molecule has 4 rings (SSSR count). The van der Waals surface area contributed by atoms with Gasteiger partial charge in [-0.2, -0.15) is 5.10 Å². The third-order valence-corrected chi connectivity index (χ3v) is 4.81. The average molecular weight is 348 g/mol. The molecule has 1 aliphatic rings. The first-order chi connectivity index (χ1) is 12.6. The topological polar surface area (TPSA) is 78.1 Å². The number of fused-ring (bicyclic) bond motifs is 1. The molecule has 1 fully saturated rings. The van der Waals surface area contributed by atoms with Crippen LogP contribution in [0.5, 0.6) is 0 Å². The number of aryl methyl sites for hydroxylation is 1. The number of likely N-dealkylation sites (tertiary alicyclic amines) is 1. The lowest BCUT2D eigenvalue weighted by Gasteiger charge is -2.24. The van der Waals surface area contributed by atoms with Gasteiger partial charge < -0.3 is 10.2 Å². The van der Waals surface area contributed by atoms with E-state index in [0.29, 0.717) is 25.1 Å². The largest absolute Gasteiger partial charge is 0.326 e. The van der Waals surface area contributed by atoms with Crippen molar-refractivity contribution in [3.05, 3.63) is 59.8 Å². The molecule has 1 aromatic heterocycles. The molecule has 0 bridgehead atoms. The van der Waals surface area contributed by atoms with Gasteiger partial charge in [0.2, 0.25) is 11.8 Å². The van der Waals surface area contributed by atoms with Crippen LogP contribution in [0.2, 0.25) is 0 Å². The number of rotatable bonds is 4. The Bertz CT molecular complexity index is 961. The Balaban J connectivity index is 1.49. The van der Waals surface area contributed by atoms with Crippen LogP contribution in [-0.4, -0.2) is 33.0 Å². The molecule has 6 nitrogen and oxygen atoms in total. The predicted octanol–water partition coefficient (Wildman–Crippen LogP) is 3.00. The number of H-pyrrole nitrogens is 1. The number of hydrogen-bond donors (Lipinski definition) is 2. The van der Waals surface area contributed by atoms with Crippen molar-refractivity contribution in [3.63, 3.8) is 0 Å². The predicted molar refractivity (Wildman–Crippen MR) is 99.5 cm³/mol. The fourth-order valence-corrected chi connectivity index (χ4v) is 3.33. The van der Waals surface area contributed by atoms with E-state index in [1.807, 2.05) is 49.4 Å². The minimum absolute atomic E-state index is 0.0229. The summed E-state index contributed by atoms with van der Waals surface area (Å²) in [6.45, 7) is 2.48. The summed E-state index contributed by atoms with van der Waals surface area (Å²) in [7, 11) is 0. The number of amides is 2. The lowest BCUT2D eigenvalue weighted by atomic mass is 10.1. The molecule has 0 aliphatic carbocycles. The fourth-order valence-electron chi connectivity index (χ4n) is 3.33. The van der Waals surface area contributed by atoms with Crippen LogP contribution < -0.4 is 5.32 Å². The number of nitrogens with zero attached hydrogens (tertiary/aromatic N) is 2. The highest BCUT2D eigenvalue weighted by Crippen LogP contribution is 2.24. The highest BCUT2D eigenvalue weighted by molar-refractivity contribution is 6.00. The molecule has 1 aliphatic heterocycles. The monoisotopic (exact) mass is 348 g/mol. The lowest BCUT2D eigenvalue weighted by Crippen LogP contribution is -2.41. The normalized spacial score (nSPS) is 17.0. The van der Waals surface area contributed by atoms with Gasteiger partial charge in [-0.3, -0.25) is 14.7 Å². The average Bonchev–Trinajstić information content (AvgIpc) is 3.23. The summed E-state index contributed by atoms with van der Waals surface area (Å²) in [5, 5.41) is 10.8. The molecule has 1 atom stereocenters. The Morgan fingerprint density at radius 1 is 1.27 bits per heavy atom. The van der Waals surface area contributed by atoms with Crippen molar-refractivity contribution in [2.24, 2.45) is 0 Å². The van der Waals surface area contributed by atoms with E-state index < -0.39 is 6.04 Å². The molecule has 0 radical (unpaired) electrons. The van der Waals surface area contributed by atoms with E-state index in [-0.39, 0.29) is 11.8 Å².